The molecule has 7 heteroatoms. The van der Waals surface area contributed by atoms with Gasteiger partial charge in [-0.15, -0.1) is 0 Å². The van der Waals surface area contributed by atoms with Crippen molar-refractivity contribution < 1.29 is 27.5 Å². The molecule has 1 aromatic heterocycles. The van der Waals surface area contributed by atoms with E-state index in [-0.39, 0.29) is 18.4 Å². The molecule has 2 rings (SSSR count). The Balaban J connectivity index is 2.40. The Morgan fingerprint density at radius 2 is 2.05 bits per heavy atom. The summed E-state index contributed by atoms with van der Waals surface area (Å²) < 4.78 is 52.3. The normalized spacial score (nSPS) is 18.9. The quantitative estimate of drug-likeness (QED) is 0.860. The Kier molecular flexibility index (Phi) is 3.24. The van der Waals surface area contributed by atoms with Crippen LogP contribution in [0.5, 0.6) is 0 Å². The van der Waals surface area contributed by atoms with E-state index in [0.29, 0.717) is 0 Å². The molecule has 0 spiro atoms. The lowest BCUT2D eigenvalue weighted by Crippen LogP contribution is -2.32. The van der Waals surface area contributed by atoms with Gasteiger partial charge in [0.05, 0.1) is 18.0 Å². The zero-order valence-corrected chi connectivity index (χ0v) is 9.75. The van der Waals surface area contributed by atoms with E-state index >= 15 is 0 Å². The Morgan fingerprint density at radius 3 is 2.47 bits per heavy atom. The fourth-order valence-electron chi connectivity index (χ4n) is 2.39. The van der Waals surface area contributed by atoms with Crippen LogP contribution < -0.4 is 0 Å². The third-order valence-corrected chi connectivity index (χ3v) is 3.53. The van der Waals surface area contributed by atoms with Gasteiger partial charge in [0.2, 0.25) is 0 Å². The van der Waals surface area contributed by atoms with E-state index in [1.165, 1.54) is 0 Å². The van der Waals surface area contributed by atoms with E-state index < -0.39 is 35.7 Å². The molecule has 3 nitrogen and oxygen atoms in total. The van der Waals surface area contributed by atoms with Crippen LogP contribution in [0, 0.1) is 11.2 Å². The van der Waals surface area contributed by atoms with Gasteiger partial charge in [-0.1, -0.05) is 0 Å². The van der Waals surface area contributed by atoms with Crippen LogP contribution in [0.2, 0.25) is 0 Å². The third-order valence-electron chi connectivity index (χ3n) is 3.53. The Hall–Kier alpha value is -1.66. The molecule has 0 amide bonds. The first kappa shape index (κ1) is 13.8. The summed E-state index contributed by atoms with van der Waals surface area (Å²) in [6.45, 7) is 0. The number of nitrogens with zero attached hydrogens (tertiary/aromatic N) is 1. The van der Waals surface area contributed by atoms with E-state index in [1.807, 2.05) is 0 Å². The second-order valence-corrected chi connectivity index (χ2v) is 4.74. The highest BCUT2D eigenvalue weighted by Crippen LogP contribution is 2.66. The molecule has 0 aromatic carbocycles. The van der Waals surface area contributed by atoms with Crippen molar-refractivity contribution in [2.45, 2.75) is 31.4 Å². The highest BCUT2D eigenvalue weighted by molar-refractivity contribution is 5.68. The second kappa shape index (κ2) is 4.47. The summed E-state index contributed by atoms with van der Waals surface area (Å²) in [6, 6.07) is 0.923. The minimum atomic E-state index is -4.50. The summed E-state index contributed by atoms with van der Waals surface area (Å²) in [7, 11) is 0. The van der Waals surface area contributed by atoms with E-state index in [0.717, 1.165) is 18.5 Å². The molecule has 1 aliphatic carbocycles. The predicted molar refractivity (Wildman–Crippen MR) is 56.9 cm³/mol. The molecule has 1 N–H and O–H groups in total. The molecule has 1 heterocycles. The van der Waals surface area contributed by atoms with Crippen molar-refractivity contribution in [2.24, 2.45) is 5.41 Å². The standard InChI is InChI=1S/C12H11F4NO2/c13-8-3-7(5-17-6-8)9(4-10(18)19)11(1-2-11)12(14,15)16/h3,5-6,9H,1-2,4H2,(H,18,19). The molecule has 1 atom stereocenters. The molecule has 0 aliphatic heterocycles. The summed E-state index contributed by atoms with van der Waals surface area (Å²) in [6.07, 6.45) is -3.49. The summed E-state index contributed by atoms with van der Waals surface area (Å²) in [5.41, 5.74) is -2.07. The molecule has 1 unspecified atom stereocenters. The average Bonchev–Trinajstić information content (AvgIpc) is 3.05. The molecular weight excluding hydrogens is 266 g/mol. The zero-order chi connectivity index (χ0) is 14.3. The molecule has 1 saturated carbocycles. The maximum absolute atomic E-state index is 13.1. The van der Waals surface area contributed by atoms with Crippen molar-refractivity contribution >= 4 is 5.97 Å². The van der Waals surface area contributed by atoms with Crippen molar-refractivity contribution in [3.05, 3.63) is 29.8 Å². The van der Waals surface area contributed by atoms with Crippen molar-refractivity contribution in [1.82, 2.24) is 4.98 Å². The number of rotatable bonds is 4. The Bertz CT molecular complexity index is 497. The van der Waals surface area contributed by atoms with Crippen molar-refractivity contribution in [3.8, 4) is 0 Å². The van der Waals surface area contributed by atoms with Crippen LogP contribution >= 0.6 is 0 Å². The first-order chi connectivity index (χ1) is 8.76. The molecule has 1 aliphatic rings. The molecule has 0 bridgehead atoms. The molecule has 1 aromatic rings. The lowest BCUT2D eigenvalue weighted by molar-refractivity contribution is -0.195. The highest BCUT2D eigenvalue weighted by Gasteiger charge is 2.67. The monoisotopic (exact) mass is 277 g/mol. The molecule has 0 radical (unpaired) electrons. The highest BCUT2D eigenvalue weighted by atomic mass is 19.4. The fourth-order valence-corrected chi connectivity index (χ4v) is 2.39. The minimum absolute atomic E-state index is 0.0165. The van der Waals surface area contributed by atoms with Crippen LogP contribution in [0.3, 0.4) is 0 Å². The lowest BCUT2D eigenvalue weighted by Gasteiger charge is -2.28. The third kappa shape index (κ3) is 2.54. The molecule has 1 fully saturated rings. The predicted octanol–water partition coefficient (Wildman–Crippen LogP) is 3.12. The van der Waals surface area contributed by atoms with Gasteiger partial charge in [-0.3, -0.25) is 9.78 Å². The molecule has 0 saturated heterocycles. The Labute approximate surface area is 106 Å². The maximum Gasteiger partial charge on any atom is 0.395 e. The number of aromatic nitrogens is 1. The van der Waals surface area contributed by atoms with Crippen molar-refractivity contribution in [3.63, 3.8) is 0 Å². The van der Waals surface area contributed by atoms with Crippen LogP contribution in [0.25, 0.3) is 0 Å². The summed E-state index contributed by atoms with van der Waals surface area (Å²) >= 11 is 0. The number of carboxylic acids is 1. The van der Waals surface area contributed by atoms with Crippen molar-refractivity contribution in [2.75, 3.05) is 0 Å². The van der Waals surface area contributed by atoms with Gasteiger partial charge >= 0.3 is 12.1 Å². The largest absolute Gasteiger partial charge is 0.481 e. The number of pyridine rings is 1. The number of halogens is 4. The lowest BCUT2D eigenvalue weighted by atomic mass is 9.81. The molecular formula is C12H11F4NO2. The topological polar surface area (TPSA) is 50.2 Å². The first-order valence-electron chi connectivity index (χ1n) is 5.65. The maximum atomic E-state index is 13.1. The van der Waals surface area contributed by atoms with Crippen LogP contribution in [-0.4, -0.2) is 22.2 Å². The summed E-state index contributed by atoms with van der Waals surface area (Å²) in [5, 5.41) is 8.79. The Morgan fingerprint density at radius 1 is 1.42 bits per heavy atom. The van der Waals surface area contributed by atoms with Gasteiger partial charge in [0.1, 0.15) is 5.82 Å². The van der Waals surface area contributed by atoms with E-state index in [1.54, 1.807) is 0 Å². The molecule has 19 heavy (non-hydrogen) atoms. The summed E-state index contributed by atoms with van der Waals surface area (Å²) in [5.74, 6) is -3.41. The van der Waals surface area contributed by atoms with Gasteiger partial charge in [0.25, 0.3) is 0 Å². The van der Waals surface area contributed by atoms with Gasteiger partial charge in [-0.2, -0.15) is 13.2 Å². The number of carboxylic acid groups (broad SMARTS) is 1. The van der Waals surface area contributed by atoms with Gasteiger partial charge < -0.3 is 5.11 Å². The molecule has 104 valence electrons. The number of carbonyl (C=O) groups is 1. The van der Waals surface area contributed by atoms with Crippen LogP contribution in [0.4, 0.5) is 17.6 Å². The summed E-state index contributed by atoms with van der Waals surface area (Å²) in [4.78, 5) is 14.3. The van der Waals surface area contributed by atoms with E-state index in [9.17, 15) is 22.4 Å². The van der Waals surface area contributed by atoms with Crippen LogP contribution in [-0.2, 0) is 4.79 Å². The average molecular weight is 277 g/mol. The first-order valence-corrected chi connectivity index (χ1v) is 5.65. The van der Waals surface area contributed by atoms with Crippen LogP contribution in [0.15, 0.2) is 18.5 Å². The van der Waals surface area contributed by atoms with Gasteiger partial charge in [0.15, 0.2) is 0 Å². The SMILES string of the molecule is O=C(O)CC(c1cncc(F)c1)C1(C(F)(F)F)CC1. The van der Waals surface area contributed by atoms with Crippen LogP contribution in [0.1, 0.15) is 30.7 Å². The number of aliphatic carboxylic acids is 1. The smallest absolute Gasteiger partial charge is 0.395 e. The number of hydrogen-bond donors (Lipinski definition) is 1. The van der Waals surface area contributed by atoms with Crippen molar-refractivity contribution in [1.29, 1.82) is 0 Å². The number of hydrogen-bond acceptors (Lipinski definition) is 2. The fraction of sp³-hybridized carbons (Fsp3) is 0.500. The van der Waals surface area contributed by atoms with E-state index in [4.69, 9.17) is 5.11 Å². The number of alkyl halides is 3. The van der Waals surface area contributed by atoms with Gasteiger partial charge in [-0.25, -0.2) is 4.39 Å². The van der Waals surface area contributed by atoms with E-state index in [2.05, 4.69) is 4.98 Å². The van der Waals surface area contributed by atoms with Gasteiger partial charge in [0, 0.05) is 12.1 Å². The second-order valence-electron chi connectivity index (χ2n) is 4.74. The van der Waals surface area contributed by atoms with Gasteiger partial charge in [-0.05, 0) is 24.5 Å². The zero-order valence-electron chi connectivity index (χ0n) is 9.75. The minimum Gasteiger partial charge on any atom is -0.481 e.